The first kappa shape index (κ1) is 23.9. The summed E-state index contributed by atoms with van der Waals surface area (Å²) in [5.74, 6) is -2.88. The van der Waals surface area contributed by atoms with E-state index < -0.39 is 29.9 Å². The summed E-state index contributed by atoms with van der Waals surface area (Å²) >= 11 is 0. The van der Waals surface area contributed by atoms with Crippen molar-refractivity contribution >= 4 is 11.8 Å². The predicted octanol–water partition coefficient (Wildman–Crippen LogP) is 3.33. The Morgan fingerprint density at radius 2 is 1.73 bits per heavy atom. The highest BCUT2D eigenvalue weighted by atomic mass is 19.4. The first-order chi connectivity index (χ1) is 11.8. The Kier molecular flexibility index (Phi) is 9.28. The van der Waals surface area contributed by atoms with Gasteiger partial charge in [0.25, 0.3) is 0 Å². The number of ether oxygens (including phenoxy) is 1. The van der Waals surface area contributed by atoms with Gasteiger partial charge in [-0.1, -0.05) is 12.1 Å². The van der Waals surface area contributed by atoms with Gasteiger partial charge in [-0.05, 0) is 24.1 Å². The number of Topliss-reactive ketones (excluding diaryl/α,β-unsaturated/α-hetero) is 1. The van der Waals surface area contributed by atoms with E-state index in [2.05, 4.69) is 4.74 Å². The second-order valence-electron chi connectivity index (χ2n) is 5.04. The first-order valence-electron chi connectivity index (χ1n) is 7.02. The summed E-state index contributed by atoms with van der Waals surface area (Å²) in [6.07, 6.45) is -8.99. The van der Waals surface area contributed by atoms with Gasteiger partial charge in [0.2, 0.25) is 0 Å². The molecule has 148 valence electrons. The van der Waals surface area contributed by atoms with Crippen molar-refractivity contribution in [1.29, 1.82) is 0 Å². The van der Waals surface area contributed by atoms with Gasteiger partial charge in [-0.2, -0.15) is 26.3 Å². The van der Waals surface area contributed by atoms with Crippen LogP contribution in [0.3, 0.4) is 0 Å². The molecule has 0 saturated heterocycles. The van der Waals surface area contributed by atoms with Crippen LogP contribution in [0.1, 0.15) is 30.0 Å². The molecule has 0 amide bonds. The number of benzene rings is 1. The van der Waals surface area contributed by atoms with Crippen LogP contribution < -0.4 is 5.73 Å². The Bertz CT molecular complexity index is 601. The molecule has 1 aromatic rings. The van der Waals surface area contributed by atoms with Crippen molar-refractivity contribution in [3.63, 3.8) is 0 Å². The van der Waals surface area contributed by atoms with E-state index in [1.54, 1.807) is 0 Å². The number of nitrogens with two attached hydrogens (primary N) is 1. The minimum absolute atomic E-state index is 0.00465. The molecule has 0 heterocycles. The number of carbonyl (C=O) groups excluding carboxylic acids is 1. The topological polar surface area (TPSA) is 89.6 Å². The normalized spacial score (nSPS) is 12.8. The van der Waals surface area contributed by atoms with E-state index in [1.165, 1.54) is 19.2 Å². The second-order valence-corrected chi connectivity index (χ2v) is 5.04. The summed E-state index contributed by atoms with van der Waals surface area (Å²) in [6.45, 7) is -0.00465. The molecule has 0 aromatic heterocycles. The van der Waals surface area contributed by atoms with E-state index in [0.29, 0.717) is 12.0 Å². The summed E-state index contributed by atoms with van der Waals surface area (Å²) in [5.41, 5.74) is 5.43. The average molecular weight is 389 g/mol. The fourth-order valence-electron chi connectivity index (χ4n) is 1.66. The third-order valence-corrected chi connectivity index (χ3v) is 2.92. The van der Waals surface area contributed by atoms with E-state index in [1.807, 2.05) is 0 Å². The van der Waals surface area contributed by atoms with Crippen molar-refractivity contribution in [2.45, 2.75) is 31.2 Å². The number of carboxylic acids is 1. The van der Waals surface area contributed by atoms with Gasteiger partial charge in [0, 0.05) is 19.6 Å². The predicted molar refractivity (Wildman–Crippen MR) is 78.2 cm³/mol. The zero-order valence-corrected chi connectivity index (χ0v) is 13.5. The molecule has 5 nitrogen and oxygen atoms in total. The summed E-state index contributed by atoms with van der Waals surface area (Å²) in [6, 6.07) is 4.26. The highest BCUT2D eigenvalue weighted by Crippen LogP contribution is 2.31. The molecule has 0 unspecified atom stereocenters. The summed E-state index contributed by atoms with van der Waals surface area (Å²) in [7, 11) is 1.41. The molecule has 1 aromatic carbocycles. The van der Waals surface area contributed by atoms with Crippen LogP contribution in [0.5, 0.6) is 0 Å². The lowest BCUT2D eigenvalue weighted by atomic mass is 9.99. The lowest BCUT2D eigenvalue weighted by Gasteiger charge is -2.14. The number of alkyl halides is 6. The smallest absolute Gasteiger partial charge is 0.475 e. The van der Waals surface area contributed by atoms with Crippen molar-refractivity contribution in [1.82, 2.24) is 0 Å². The van der Waals surface area contributed by atoms with Gasteiger partial charge in [-0.3, -0.25) is 4.79 Å². The Labute approximate surface area is 144 Å². The monoisotopic (exact) mass is 389 g/mol. The SMILES string of the molecule is COCC(=O)CC[C@H](N)c1cccc(C(F)(F)F)c1.O=C(O)C(F)(F)F. The molecule has 0 radical (unpaired) electrons. The van der Waals surface area contributed by atoms with Crippen molar-refractivity contribution in [2.24, 2.45) is 5.73 Å². The molecule has 0 aliphatic heterocycles. The molecule has 0 spiro atoms. The maximum Gasteiger partial charge on any atom is 0.490 e. The third kappa shape index (κ3) is 9.37. The number of halogens is 6. The number of rotatable bonds is 6. The van der Waals surface area contributed by atoms with Crippen LogP contribution in [0.2, 0.25) is 0 Å². The van der Waals surface area contributed by atoms with Crippen LogP contribution >= 0.6 is 0 Å². The molecule has 26 heavy (non-hydrogen) atoms. The maximum atomic E-state index is 12.5. The minimum atomic E-state index is -5.08. The molecular weight excluding hydrogens is 372 g/mol. The molecule has 11 heteroatoms. The fourth-order valence-corrected chi connectivity index (χ4v) is 1.66. The van der Waals surface area contributed by atoms with Crippen LogP contribution in [-0.2, 0) is 20.5 Å². The summed E-state index contributed by atoms with van der Waals surface area (Å²) in [4.78, 5) is 20.1. The third-order valence-electron chi connectivity index (χ3n) is 2.92. The number of aliphatic carboxylic acids is 1. The van der Waals surface area contributed by atoms with Crippen LogP contribution in [0.25, 0.3) is 0 Å². The minimum Gasteiger partial charge on any atom is -0.475 e. The van der Waals surface area contributed by atoms with Crippen LogP contribution in [0.15, 0.2) is 24.3 Å². The van der Waals surface area contributed by atoms with E-state index in [9.17, 15) is 31.1 Å². The molecule has 0 aliphatic rings. The van der Waals surface area contributed by atoms with E-state index in [4.69, 9.17) is 15.6 Å². The van der Waals surface area contributed by atoms with Crippen molar-refractivity contribution < 1.29 is 45.8 Å². The average Bonchev–Trinajstić information content (AvgIpc) is 2.52. The molecule has 1 rings (SSSR count). The van der Waals surface area contributed by atoms with E-state index in [0.717, 1.165) is 12.1 Å². The fraction of sp³-hybridized carbons (Fsp3) is 0.467. The van der Waals surface area contributed by atoms with Gasteiger partial charge < -0.3 is 15.6 Å². The number of hydrogen-bond donors (Lipinski definition) is 2. The first-order valence-corrected chi connectivity index (χ1v) is 7.02. The van der Waals surface area contributed by atoms with Crippen molar-refractivity contribution in [3.8, 4) is 0 Å². The highest BCUT2D eigenvalue weighted by molar-refractivity contribution is 5.79. The van der Waals surface area contributed by atoms with Crippen molar-refractivity contribution in [3.05, 3.63) is 35.4 Å². The Hall–Kier alpha value is -2.14. The van der Waals surface area contributed by atoms with Crippen LogP contribution in [0.4, 0.5) is 26.3 Å². The quantitative estimate of drug-likeness (QED) is 0.729. The van der Waals surface area contributed by atoms with Crippen LogP contribution in [0, 0.1) is 0 Å². The largest absolute Gasteiger partial charge is 0.490 e. The second kappa shape index (κ2) is 10.1. The van der Waals surface area contributed by atoms with Crippen molar-refractivity contribution in [2.75, 3.05) is 13.7 Å². The van der Waals surface area contributed by atoms with Gasteiger partial charge in [0.1, 0.15) is 6.61 Å². The Balaban J connectivity index is 0.000000758. The lowest BCUT2D eigenvalue weighted by molar-refractivity contribution is -0.192. The number of carbonyl (C=O) groups is 2. The standard InChI is InChI=1S/C13H16F3NO2.C2HF3O2/c1-19-8-11(18)5-6-12(17)9-3-2-4-10(7-9)13(14,15)16;3-2(4,5)1(6)7/h2-4,7,12H,5-6,8,17H2,1H3;(H,6,7)/t12-;/m0./s1. The van der Waals surface area contributed by atoms with E-state index in [-0.39, 0.29) is 18.8 Å². The summed E-state index contributed by atoms with van der Waals surface area (Å²) < 4.78 is 74.0. The molecular formula is C15H17F6NO4. The highest BCUT2D eigenvalue weighted by Gasteiger charge is 2.38. The zero-order valence-electron chi connectivity index (χ0n) is 13.5. The maximum absolute atomic E-state index is 12.5. The molecule has 0 saturated carbocycles. The number of hydrogen-bond acceptors (Lipinski definition) is 4. The summed E-state index contributed by atoms with van der Waals surface area (Å²) in [5, 5.41) is 7.12. The van der Waals surface area contributed by atoms with Gasteiger partial charge in [-0.15, -0.1) is 0 Å². The van der Waals surface area contributed by atoms with Crippen LogP contribution in [-0.4, -0.2) is 36.8 Å². The molecule has 0 fully saturated rings. The van der Waals surface area contributed by atoms with Gasteiger partial charge >= 0.3 is 18.3 Å². The molecule has 1 atom stereocenters. The number of methoxy groups -OCH3 is 1. The van der Waals surface area contributed by atoms with Gasteiger partial charge in [0.05, 0.1) is 5.56 Å². The zero-order chi connectivity index (χ0) is 20.5. The Morgan fingerprint density at radius 1 is 1.19 bits per heavy atom. The number of ketones is 1. The number of carboxylic acid groups (broad SMARTS) is 1. The molecule has 3 N–H and O–H groups in total. The van der Waals surface area contributed by atoms with E-state index >= 15 is 0 Å². The molecule has 0 aliphatic carbocycles. The Morgan fingerprint density at radius 3 is 2.15 bits per heavy atom. The lowest BCUT2D eigenvalue weighted by Crippen LogP contribution is -2.21. The van der Waals surface area contributed by atoms with Gasteiger partial charge in [0.15, 0.2) is 5.78 Å². The van der Waals surface area contributed by atoms with Gasteiger partial charge in [-0.25, -0.2) is 4.79 Å². The molecule has 0 bridgehead atoms.